The van der Waals surface area contributed by atoms with E-state index in [9.17, 15) is 0 Å². The molecule has 0 atom stereocenters. The lowest BCUT2D eigenvalue weighted by Gasteiger charge is -2.06. The molecule has 14 aromatic heterocycles. The van der Waals surface area contributed by atoms with Gasteiger partial charge in [-0.05, 0) is 178 Å². The summed E-state index contributed by atoms with van der Waals surface area (Å²) in [4.78, 5) is 31.0. The van der Waals surface area contributed by atoms with Crippen molar-refractivity contribution in [2.45, 2.75) is 0 Å². The van der Waals surface area contributed by atoms with Crippen molar-refractivity contribution in [3.63, 3.8) is 0 Å². The largest absolute Gasteiger partial charge is 0.456 e. The average molecular weight is 1660 g/mol. The number of hydrogen-bond donors (Lipinski definition) is 0. The topological polar surface area (TPSA) is 117 Å². The van der Waals surface area contributed by atoms with Crippen molar-refractivity contribution in [1.82, 2.24) is 43.1 Å². The maximum atomic E-state index is 6.45. The van der Waals surface area contributed by atoms with E-state index in [0.29, 0.717) is 0 Å². The zero-order chi connectivity index (χ0) is 81.6. The van der Waals surface area contributed by atoms with Crippen LogP contribution in [0.15, 0.2) is 355 Å². The first-order valence-corrected chi connectivity index (χ1v) is 44.8. The van der Waals surface area contributed by atoms with Gasteiger partial charge < -0.3 is 8.83 Å². The second-order valence-electron chi connectivity index (χ2n) is 33.4. The molecule has 580 valence electrons. The van der Waals surface area contributed by atoms with E-state index in [0.717, 1.165) is 149 Å². The van der Waals surface area contributed by atoms with Crippen molar-refractivity contribution in [1.29, 1.82) is 0 Å². The maximum absolute atomic E-state index is 6.45. The quantitative estimate of drug-likeness (QED) is 0.172. The minimum atomic E-state index is 0.905. The van der Waals surface area contributed by atoms with Crippen LogP contribution in [0.2, 0.25) is 0 Å². The van der Waals surface area contributed by atoms with E-state index in [4.69, 9.17) is 38.7 Å². The summed E-state index contributed by atoms with van der Waals surface area (Å²) in [6.45, 7) is 0. The first-order chi connectivity index (χ1) is 62.4. The Labute approximate surface area is 723 Å². The molecule has 126 heavy (non-hydrogen) atoms. The summed E-state index contributed by atoms with van der Waals surface area (Å²) in [5.41, 5.74) is 28.9. The van der Waals surface area contributed by atoms with Gasteiger partial charge in [0.05, 0.1) is 66.2 Å². The summed E-state index contributed by atoms with van der Waals surface area (Å²) in [5, 5.41) is 25.9. The van der Waals surface area contributed by atoms with Crippen LogP contribution in [0.25, 0.3) is 297 Å². The Morgan fingerprint density at radius 3 is 1.05 bits per heavy atom. The fourth-order valence-corrected chi connectivity index (χ4v) is 24.8. The molecule has 18 aromatic carbocycles. The zero-order valence-electron chi connectivity index (χ0n) is 66.5. The molecule has 0 bridgehead atoms. The van der Waals surface area contributed by atoms with E-state index >= 15 is 0 Å². The highest BCUT2D eigenvalue weighted by molar-refractivity contribution is 7.27. The zero-order valence-corrected chi connectivity index (χ0v) is 68.9. The van der Waals surface area contributed by atoms with Gasteiger partial charge in [0.2, 0.25) is 0 Å². The van der Waals surface area contributed by atoms with E-state index in [1.807, 2.05) is 107 Å². The molecular formula is C112H57N9O2S3. The summed E-state index contributed by atoms with van der Waals surface area (Å²) in [6, 6.07) is 123. The van der Waals surface area contributed by atoms with Crippen LogP contribution in [-0.2, 0) is 0 Å². The van der Waals surface area contributed by atoms with Crippen molar-refractivity contribution in [2.75, 3.05) is 0 Å². The third-order valence-electron chi connectivity index (χ3n) is 26.7. The van der Waals surface area contributed by atoms with Gasteiger partial charge >= 0.3 is 0 Å². The predicted octanol–water partition coefficient (Wildman–Crippen LogP) is 31.4. The van der Waals surface area contributed by atoms with Crippen molar-refractivity contribution in [3.8, 4) is 33.4 Å². The first kappa shape index (κ1) is 67.6. The highest BCUT2D eigenvalue weighted by atomic mass is 32.1. The Bertz CT molecular complexity index is 10500. The molecule has 0 aliphatic heterocycles. The summed E-state index contributed by atoms with van der Waals surface area (Å²) in [5.74, 6) is 0. The van der Waals surface area contributed by atoms with Crippen LogP contribution in [0, 0.1) is 0 Å². The summed E-state index contributed by atoms with van der Waals surface area (Å²) < 4.78 is 27.6. The monoisotopic (exact) mass is 1660 g/mol. The lowest BCUT2D eigenvalue weighted by atomic mass is 9.99. The second-order valence-corrected chi connectivity index (χ2v) is 36.5. The number of hydrogen-bond acceptors (Lipinski definition) is 11. The predicted molar refractivity (Wildman–Crippen MR) is 530 cm³/mol. The minimum absolute atomic E-state index is 0.905. The molecule has 0 saturated heterocycles. The van der Waals surface area contributed by atoms with Crippen LogP contribution in [0.5, 0.6) is 0 Å². The SMILES string of the molecule is c1ccc2cc(-c3ccc4c(c3)c3c5sc6ccccc6c5cc5c6nc7ccccc7nc6n4c53)ccc2c1.c1ccc2nc3c(nc2c1)c1cc2c4ccccc4sc2c2c4cc(-c5ccc6c(c5)oc5ccccc56)ccc4n3c12.c1ccc2nc3c(nc2c1)c1cc2c4ccccc4sc2c2c4cc(-c5cccc6c5oc5ccccc56)ccc4n3c12. The van der Waals surface area contributed by atoms with Gasteiger partial charge in [-0.15, -0.1) is 34.0 Å². The molecule has 32 rings (SSSR count). The molecule has 11 nitrogen and oxygen atoms in total. The van der Waals surface area contributed by atoms with E-state index in [2.05, 4.69) is 286 Å². The molecule has 0 fully saturated rings. The Morgan fingerprint density at radius 1 is 0.214 bits per heavy atom. The van der Waals surface area contributed by atoms with Crippen molar-refractivity contribution >= 4 is 297 Å². The fraction of sp³-hybridized carbons (Fsp3) is 0. The lowest BCUT2D eigenvalue weighted by Crippen LogP contribution is -1.89. The van der Waals surface area contributed by atoms with Gasteiger partial charge in [-0.1, -0.05) is 206 Å². The number of fused-ring (bicyclic) bond motifs is 40. The maximum Gasteiger partial charge on any atom is 0.165 e. The van der Waals surface area contributed by atoms with Crippen LogP contribution in [0.3, 0.4) is 0 Å². The van der Waals surface area contributed by atoms with E-state index in [1.165, 1.54) is 148 Å². The number of aromatic nitrogens is 9. The number of furan rings is 2. The molecule has 14 heteroatoms. The third kappa shape index (κ3) is 9.21. The highest BCUT2D eigenvalue weighted by Crippen LogP contribution is 2.53. The smallest absolute Gasteiger partial charge is 0.165 e. The van der Waals surface area contributed by atoms with Crippen LogP contribution < -0.4 is 0 Å². The molecule has 14 heterocycles. The van der Waals surface area contributed by atoms with Gasteiger partial charge in [0.1, 0.15) is 38.9 Å². The average Bonchev–Trinajstić information content (AvgIpc) is 1.53. The summed E-state index contributed by atoms with van der Waals surface area (Å²) in [7, 11) is 0. The Morgan fingerprint density at radius 2 is 0.563 bits per heavy atom. The normalized spacial score (nSPS) is 12.6. The molecule has 0 aliphatic rings. The lowest BCUT2D eigenvalue weighted by molar-refractivity contribution is 0.669. The number of rotatable bonds is 3. The molecule has 0 saturated carbocycles. The third-order valence-corrected chi connectivity index (χ3v) is 30.3. The minimum Gasteiger partial charge on any atom is -0.456 e. The molecule has 32 aromatic rings. The number of nitrogens with zero attached hydrogens (tertiary/aromatic N) is 9. The van der Waals surface area contributed by atoms with Crippen molar-refractivity contribution in [2.24, 2.45) is 0 Å². The fourth-order valence-electron chi connectivity index (χ4n) is 21.1. The summed E-state index contributed by atoms with van der Waals surface area (Å²) >= 11 is 5.63. The Hall–Kier alpha value is -16.1. The number of benzene rings is 18. The van der Waals surface area contributed by atoms with Gasteiger partial charge in [0.15, 0.2) is 16.9 Å². The molecule has 0 N–H and O–H groups in total. The Balaban J connectivity index is 0.0000000923. The van der Waals surface area contributed by atoms with Crippen LogP contribution in [0.1, 0.15) is 0 Å². The molecular weight excluding hydrogens is 1600 g/mol. The first-order valence-electron chi connectivity index (χ1n) is 42.3. The Kier molecular flexibility index (Phi) is 13.3. The van der Waals surface area contributed by atoms with Gasteiger partial charge in [0.25, 0.3) is 0 Å². The standard InChI is InChI=1S/2C38H19N3OS.C36H19N3S/c1-5-14-31-22(8-1)24-11-7-10-21(36(24)42-31)20-16-17-30-26(18-20)33-35-27(19-25-23-9-2-6-15-32(23)43-37(25)33)34-38(41(30)35)40-29-13-4-3-12-28(29)39-34;1-5-11-31-22(7-1)23-15-13-21(18-32(23)42-31)20-14-16-30-26(17-20)34-36-27(19-25-24-8-2-6-12-33(24)43-37(25)34)35-38(41(30)36)40-29-10-4-3-9-28(29)39-35;1-2-8-21-17-22(14-13-20(21)7-1)23-15-16-30-26(18-23)32-34-27(19-25-24-9-3-6-12-31(24)40-35(25)32)33-36(39(30)34)38-29-11-5-4-10-28(29)37-33/h2*1-19H;1-19H. The molecule has 0 amide bonds. The second kappa shape index (κ2) is 24.8. The number of para-hydroxylation sites is 9. The van der Waals surface area contributed by atoms with Crippen molar-refractivity contribution in [3.05, 3.63) is 346 Å². The summed E-state index contributed by atoms with van der Waals surface area (Å²) in [6.07, 6.45) is 0. The van der Waals surface area contributed by atoms with Gasteiger partial charge in [-0.3, -0.25) is 13.2 Å². The molecule has 0 aliphatic carbocycles. The van der Waals surface area contributed by atoms with E-state index < -0.39 is 0 Å². The van der Waals surface area contributed by atoms with Crippen LogP contribution in [-0.4, -0.2) is 43.1 Å². The number of thiophene rings is 3. The molecule has 0 spiro atoms. The highest BCUT2D eigenvalue weighted by Gasteiger charge is 2.30. The molecule has 0 unspecified atom stereocenters. The van der Waals surface area contributed by atoms with Gasteiger partial charge in [-0.2, -0.15) is 0 Å². The van der Waals surface area contributed by atoms with Crippen LogP contribution in [0.4, 0.5) is 0 Å². The van der Waals surface area contributed by atoms with Crippen LogP contribution >= 0.6 is 34.0 Å². The van der Waals surface area contributed by atoms with E-state index in [-0.39, 0.29) is 0 Å². The van der Waals surface area contributed by atoms with E-state index in [1.54, 1.807) is 0 Å². The molecule has 0 radical (unpaired) electrons. The van der Waals surface area contributed by atoms with Gasteiger partial charge in [-0.25, -0.2) is 29.9 Å². The van der Waals surface area contributed by atoms with Crippen molar-refractivity contribution < 1.29 is 8.83 Å². The van der Waals surface area contributed by atoms with Gasteiger partial charge in [0, 0.05) is 136 Å².